The lowest BCUT2D eigenvalue weighted by molar-refractivity contribution is 0.582. The van der Waals surface area contributed by atoms with Gasteiger partial charge in [0.1, 0.15) is 5.82 Å². The molecule has 0 aromatic heterocycles. The highest BCUT2D eigenvalue weighted by atomic mass is 32.2. The highest BCUT2D eigenvalue weighted by molar-refractivity contribution is 7.89. The average molecular weight is 232 g/mol. The molecule has 4 nitrogen and oxygen atoms in total. The van der Waals surface area contributed by atoms with Gasteiger partial charge in [0.15, 0.2) is 0 Å². The Hall–Kier alpha value is -0.980. The zero-order chi connectivity index (χ0) is 11.6. The molecule has 0 aliphatic rings. The van der Waals surface area contributed by atoms with Crippen LogP contribution in [0.15, 0.2) is 23.1 Å². The second-order valence-electron chi connectivity index (χ2n) is 3.48. The standard InChI is InChI=1S/C9H13FN2O2S/c1-6(11)4-7-2-3-8(5-9(7)10)15(12,13)14/h2-3,5-6H,4,11H2,1H3,(H2,12,13,14). The first-order valence-corrected chi connectivity index (χ1v) is 5.92. The molecule has 15 heavy (non-hydrogen) atoms. The lowest BCUT2D eigenvalue weighted by atomic mass is 10.1. The molecule has 0 bridgehead atoms. The van der Waals surface area contributed by atoms with Crippen LogP contribution in [-0.4, -0.2) is 14.5 Å². The van der Waals surface area contributed by atoms with Crippen molar-refractivity contribution in [1.82, 2.24) is 0 Å². The van der Waals surface area contributed by atoms with Gasteiger partial charge in [-0.05, 0) is 31.0 Å². The largest absolute Gasteiger partial charge is 0.328 e. The fourth-order valence-electron chi connectivity index (χ4n) is 1.22. The molecule has 1 aromatic rings. The molecule has 0 radical (unpaired) electrons. The molecule has 0 fully saturated rings. The summed E-state index contributed by atoms with van der Waals surface area (Å²) in [5, 5.41) is 4.86. The lowest BCUT2D eigenvalue weighted by Gasteiger charge is -2.07. The molecule has 1 atom stereocenters. The first-order valence-electron chi connectivity index (χ1n) is 4.37. The van der Waals surface area contributed by atoms with Crippen molar-refractivity contribution in [3.8, 4) is 0 Å². The SMILES string of the molecule is CC(N)Cc1ccc(S(N)(=O)=O)cc1F. The number of primary sulfonamides is 1. The molecule has 0 spiro atoms. The Labute approximate surface area is 88.1 Å². The summed E-state index contributed by atoms with van der Waals surface area (Å²) in [5.74, 6) is -0.598. The highest BCUT2D eigenvalue weighted by Crippen LogP contribution is 2.14. The van der Waals surface area contributed by atoms with Gasteiger partial charge < -0.3 is 5.73 Å². The molecule has 0 aliphatic heterocycles. The van der Waals surface area contributed by atoms with Crippen LogP contribution >= 0.6 is 0 Å². The summed E-state index contributed by atoms with van der Waals surface area (Å²) in [6.07, 6.45) is 0.358. The van der Waals surface area contributed by atoms with Gasteiger partial charge in [0.25, 0.3) is 0 Å². The smallest absolute Gasteiger partial charge is 0.238 e. The minimum Gasteiger partial charge on any atom is -0.328 e. The topological polar surface area (TPSA) is 86.2 Å². The molecule has 1 rings (SSSR count). The van der Waals surface area contributed by atoms with Gasteiger partial charge in [-0.3, -0.25) is 0 Å². The summed E-state index contributed by atoms with van der Waals surface area (Å²) < 4.78 is 35.2. The van der Waals surface area contributed by atoms with E-state index in [0.29, 0.717) is 12.0 Å². The van der Waals surface area contributed by atoms with E-state index in [2.05, 4.69) is 0 Å². The van der Waals surface area contributed by atoms with Crippen LogP contribution in [0.25, 0.3) is 0 Å². The molecule has 0 aliphatic carbocycles. The molecule has 1 unspecified atom stereocenters. The monoisotopic (exact) mass is 232 g/mol. The predicted octanol–water partition coefficient (Wildman–Crippen LogP) is 0.363. The van der Waals surface area contributed by atoms with Crippen molar-refractivity contribution in [2.24, 2.45) is 10.9 Å². The van der Waals surface area contributed by atoms with E-state index < -0.39 is 15.8 Å². The average Bonchev–Trinajstić information content (AvgIpc) is 2.05. The Bertz CT molecular complexity index is 457. The van der Waals surface area contributed by atoms with Crippen molar-refractivity contribution in [3.05, 3.63) is 29.6 Å². The van der Waals surface area contributed by atoms with Crippen molar-refractivity contribution in [2.75, 3.05) is 0 Å². The summed E-state index contributed by atoms with van der Waals surface area (Å²) in [5.41, 5.74) is 5.89. The number of nitrogens with two attached hydrogens (primary N) is 2. The predicted molar refractivity (Wildman–Crippen MR) is 55.1 cm³/mol. The maximum absolute atomic E-state index is 13.4. The molecule has 84 valence electrons. The maximum atomic E-state index is 13.4. The summed E-state index contributed by atoms with van der Waals surface area (Å²) in [4.78, 5) is -0.228. The van der Waals surface area contributed by atoms with Crippen molar-refractivity contribution >= 4 is 10.0 Å². The van der Waals surface area contributed by atoms with Crippen molar-refractivity contribution in [2.45, 2.75) is 24.3 Å². The lowest BCUT2D eigenvalue weighted by Crippen LogP contribution is -2.19. The molecule has 0 amide bonds. The minimum atomic E-state index is -3.84. The molecule has 0 saturated carbocycles. The molecule has 1 aromatic carbocycles. The Morgan fingerprint density at radius 2 is 2.07 bits per heavy atom. The number of hydrogen-bond acceptors (Lipinski definition) is 3. The Kier molecular flexibility index (Phi) is 3.43. The summed E-state index contributed by atoms with van der Waals surface area (Å²) in [6, 6.07) is 3.39. The van der Waals surface area contributed by atoms with Crippen molar-refractivity contribution in [3.63, 3.8) is 0 Å². The number of rotatable bonds is 3. The Morgan fingerprint density at radius 1 is 1.47 bits per heavy atom. The number of hydrogen-bond donors (Lipinski definition) is 2. The quantitative estimate of drug-likeness (QED) is 0.789. The van der Waals surface area contributed by atoms with E-state index >= 15 is 0 Å². The van der Waals surface area contributed by atoms with Gasteiger partial charge in [0.2, 0.25) is 10.0 Å². The third kappa shape index (κ3) is 3.26. The molecule has 0 heterocycles. The van der Waals surface area contributed by atoms with Gasteiger partial charge in [0, 0.05) is 6.04 Å². The van der Waals surface area contributed by atoms with E-state index in [0.717, 1.165) is 6.07 Å². The van der Waals surface area contributed by atoms with Crippen LogP contribution in [0, 0.1) is 5.82 Å². The third-order valence-electron chi connectivity index (χ3n) is 1.89. The van der Waals surface area contributed by atoms with E-state index in [4.69, 9.17) is 10.9 Å². The van der Waals surface area contributed by atoms with Gasteiger partial charge in [-0.15, -0.1) is 0 Å². The van der Waals surface area contributed by atoms with E-state index in [9.17, 15) is 12.8 Å². The molecule has 6 heteroatoms. The van der Waals surface area contributed by atoms with Gasteiger partial charge in [-0.25, -0.2) is 17.9 Å². The first kappa shape index (κ1) is 12.1. The molecular weight excluding hydrogens is 219 g/mol. The van der Waals surface area contributed by atoms with Crippen LogP contribution in [0.4, 0.5) is 4.39 Å². The van der Waals surface area contributed by atoms with Crippen molar-refractivity contribution < 1.29 is 12.8 Å². The number of sulfonamides is 1. The van der Waals surface area contributed by atoms with Crippen LogP contribution in [0.1, 0.15) is 12.5 Å². The molecule has 4 N–H and O–H groups in total. The van der Waals surface area contributed by atoms with Gasteiger partial charge in [-0.2, -0.15) is 0 Å². The van der Waals surface area contributed by atoms with Crippen molar-refractivity contribution in [1.29, 1.82) is 0 Å². The summed E-state index contributed by atoms with van der Waals surface area (Å²) in [6.45, 7) is 1.74. The highest BCUT2D eigenvalue weighted by Gasteiger charge is 2.12. The summed E-state index contributed by atoms with van der Waals surface area (Å²) in [7, 11) is -3.84. The van der Waals surface area contributed by atoms with Gasteiger partial charge in [-0.1, -0.05) is 6.07 Å². The zero-order valence-electron chi connectivity index (χ0n) is 8.27. The van der Waals surface area contributed by atoms with Crippen LogP contribution in [0.2, 0.25) is 0 Å². The summed E-state index contributed by atoms with van der Waals surface area (Å²) >= 11 is 0. The third-order valence-corrected chi connectivity index (χ3v) is 2.81. The van der Waals surface area contributed by atoms with E-state index in [1.165, 1.54) is 12.1 Å². The van der Waals surface area contributed by atoms with Gasteiger partial charge in [0.05, 0.1) is 4.90 Å². The second-order valence-corrected chi connectivity index (χ2v) is 5.04. The maximum Gasteiger partial charge on any atom is 0.238 e. The molecular formula is C9H13FN2O2S. The van der Waals surface area contributed by atoms with Crippen LogP contribution < -0.4 is 10.9 Å². The Balaban J connectivity index is 3.09. The van der Waals surface area contributed by atoms with Gasteiger partial charge >= 0.3 is 0 Å². The van der Waals surface area contributed by atoms with Crippen LogP contribution in [0.5, 0.6) is 0 Å². The van der Waals surface area contributed by atoms with Crippen LogP contribution in [0.3, 0.4) is 0 Å². The number of benzene rings is 1. The second kappa shape index (κ2) is 4.26. The van der Waals surface area contributed by atoms with E-state index in [-0.39, 0.29) is 10.9 Å². The fourth-order valence-corrected chi connectivity index (χ4v) is 1.74. The normalized spacial score (nSPS) is 13.9. The Morgan fingerprint density at radius 3 is 2.47 bits per heavy atom. The van der Waals surface area contributed by atoms with E-state index in [1.807, 2.05) is 0 Å². The van der Waals surface area contributed by atoms with E-state index in [1.54, 1.807) is 6.92 Å². The number of halogens is 1. The zero-order valence-corrected chi connectivity index (χ0v) is 9.09. The van der Waals surface area contributed by atoms with Crippen LogP contribution in [-0.2, 0) is 16.4 Å². The fraction of sp³-hybridized carbons (Fsp3) is 0.333. The first-order chi connectivity index (χ1) is 6.80. The molecule has 0 saturated heterocycles. The minimum absolute atomic E-state index is 0.181.